The maximum Gasteiger partial charge on any atom is 0.266 e. The normalized spacial score (nSPS) is 11.3. The number of nitrogens with zero attached hydrogens (tertiary/aromatic N) is 5. The molecule has 9 nitrogen and oxygen atoms in total. The van der Waals surface area contributed by atoms with Gasteiger partial charge in [0.25, 0.3) is 5.56 Å². The number of aromatic amines is 1. The highest BCUT2D eigenvalue weighted by atomic mass is 19.1. The fourth-order valence-corrected chi connectivity index (χ4v) is 3.76. The van der Waals surface area contributed by atoms with Gasteiger partial charge in [0, 0.05) is 13.0 Å². The molecule has 0 aliphatic rings. The second kappa shape index (κ2) is 7.73. The molecule has 0 fully saturated rings. The smallest absolute Gasteiger partial charge is 0.266 e. The van der Waals surface area contributed by atoms with Crippen molar-refractivity contribution in [3.05, 3.63) is 76.4 Å². The van der Waals surface area contributed by atoms with Crippen molar-refractivity contribution in [3.63, 3.8) is 0 Å². The first kappa shape index (κ1) is 19.6. The molecule has 0 bridgehead atoms. The van der Waals surface area contributed by atoms with Crippen LogP contribution >= 0.6 is 0 Å². The van der Waals surface area contributed by atoms with Crippen LogP contribution in [0.4, 0.5) is 16.2 Å². The van der Waals surface area contributed by atoms with Crippen molar-refractivity contribution < 1.29 is 4.39 Å². The van der Waals surface area contributed by atoms with E-state index in [1.165, 1.54) is 23.0 Å². The van der Waals surface area contributed by atoms with Crippen LogP contribution in [0, 0.1) is 12.7 Å². The van der Waals surface area contributed by atoms with E-state index in [4.69, 9.17) is 10.7 Å². The van der Waals surface area contributed by atoms with E-state index in [0.29, 0.717) is 52.4 Å². The summed E-state index contributed by atoms with van der Waals surface area (Å²) in [5.41, 5.74) is 8.44. The van der Waals surface area contributed by atoms with E-state index < -0.39 is 5.82 Å². The Kier molecular flexibility index (Phi) is 4.74. The highest BCUT2D eigenvalue weighted by Gasteiger charge is 2.15. The lowest BCUT2D eigenvalue weighted by atomic mass is 10.1. The molecule has 0 aliphatic heterocycles. The third kappa shape index (κ3) is 3.41. The van der Waals surface area contributed by atoms with Gasteiger partial charge in [0.1, 0.15) is 17.2 Å². The first-order valence-electron chi connectivity index (χ1n) is 9.99. The van der Waals surface area contributed by atoms with Crippen molar-refractivity contribution in [2.24, 2.45) is 0 Å². The summed E-state index contributed by atoms with van der Waals surface area (Å²) in [6.45, 7) is 2.25. The Hall–Kier alpha value is -4.34. The van der Waals surface area contributed by atoms with Crippen LogP contribution in [0.1, 0.15) is 11.4 Å². The van der Waals surface area contributed by atoms with Gasteiger partial charge in [-0.25, -0.2) is 14.4 Å². The van der Waals surface area contributed by atoms with Crippen LogP contribution in [-0.2, 0) is 6.42 Å². The summed E-state index contributed by atoms with van der Waals surface area (Å²) in [4.78, 5) is 33.5. The minimum atomic E-state index is -0.429. The lowest BCUT2D eigenvalue weighted by molar-refractivity contribution is 0.625. The van der Waals surface area contributed by atoms with Crippen LogP contribution in [0.15, 0.2) is 53.6 Å². The molecule has 10 heteroatoms. The van der Waals surface area contributed by atoms with E-state index >= 15 is 0 Å². The van der Waals surface area contributed by atoms with Crippen molar-refractivity contribution in [2.45, 2.75) is 13.3 Å². The molecule has 160 valence electrons. The molecule has 2 aromatic carbocycles. The number of hydrogen-bond donors (Lipinski definition) is 3. The van der Waals surface area contributed by atoms with Gasteiger partial charge in [0.2, 0.25) is 5.95 Å². The van der Waals surface area contributed by atoms with Crippen molar-refractivity contribution in [3.8, 4) is 5.69 Å². The van der Waals surface area contributed by atoms with Gasteiger partial charge >= 0.3 is 0 Å². The SMILES string of the molecule is Cc1cccc2nc(CCNc3nc(N)nc4nc[nH]c34)n(-c3cccc(F)c3)c(=O)c12. The summed E-state index contributed by atoms with van der Waals surface area (Å²) in [5, 5.41) is 3.71. The molecule has 0 saturated carbocycles. The molecule has 0 aliphatic carbocycles. The molecule has 0 amide bonds. The number of nitrogens with two attached hydrogens (primary N) is 1. The number of anilines is 2. The maximum atomic E-state index is 14.0. The average Bonchev–Trinajstić information content (AvgIpc) is 3.22. The number of hydrogen-bond acceptors (Lipinski definition) is 7. The third-order valence-electron chi connectivity index (χ3n) is 5.19. The lowest BCUT2D eigenvalue weighted by Crippen LogP contribution is -2.26. The van der Waals surface area contributed by atoms with Crippen molar-refractivity contribution in [1.82, 2.24) is 29.5 Å². The molecular formula is C22H19FN8O. The molecule has 3 heterocycles. The predicted octanol–water partition coefficient (Wildman–Crippen LogP) is 2.74. The summed E-state index contributed by atoms with van der Waals surface area (Å²) < 4.78 is 15.4. The van der Waals surface area contributed by atoms with Gasteiger partial charge in [-0.15, -0.1) is 0 Å². The zero-order chi connectivity index (χ0) is 22.2. The van der Waals surface area contributed by atoms with Gasteiger partial charge in [-0.05, 0) is 36.8 Å². The molecule has 3 aromatic heterocycles. The number of nitrogens with one attached hydrogen (secondary N) is 2. The average molecular weight is 430 g/mol. The van der Waals surface area contributed by atoms with Gasteiger partial charge < -0.3 is 16.0 Å². The Morgan fingerprint density at radius 2 is 2.00 bits per heavy atom. The highest BCUT2D eigenvalue weighted by molar-refractivity contribution is 5.83. The fourth-order valence-electron chi connectivity index (χ4n) is 3.76. The molecule has 0 spiro atoms. The van der Waals surface area contributed by atoms with Gasteiger partial charge in [0.05, 0.1) is 22.9 Å². The van der Waals surface area contributed by atoms with Crippen molar-refractivity contribution in [2.75, 3.05) is 17.6 Å². The van der Waals surface area contributed by atoms with Crippen LogP contribution in [0.5, 0.6) is 0 Å². The van der Waals surface area contributed by atoms with Crippen LogP contribution in [-0.4, -0.2) is 36.0 Å². The van der Waals surface area contributed by atoms with E-state index in [9.17, 15) is 9.18 Å². The molecular weight excluding hydrogens is 411 g/mol. The topological polar surface area (TPSA) is 127 Å². The Balaban J connectivity index is 1.56. The number of rotatable bonds is 5. The number of nitrogen functional groups attached to an aromatic ring is 1. The van der Waals surface area contributed by atoms with Gasteiger partial charge in [-0.2, -0.15) is 9.97 Å². The van der Waals surface area contributed by atoms with Gasteiger partial charge in [0.15, 0.2) is 11.5 Å². The van der Waals surface area contributed by atoms with E-state index in [1.807, 2.05) is 19.1 Å². The van der Waals surface area contributed by atoms with E-state index in [-0.39, 0.29) is 11.5 Å². The van der Waals surface area contributed by atoms with Crippen LogP contribution < -0.4 is 16.6 Å². The number of imidazole rings is 1. The summed E-state index contributed by atoms with van der Waals surface area (Å²) in [7, 11) is 0. The number of aryl methyl sites for hydroxylation is 1. The Morgan fingerprint density at radius 1 is 1.16 bits per heavy atom. The number of fused-ring (bicyclic) bond motifs is 2. The van der Waals surface area contributed by atoms with Gasteiger partial charge in [-0.3, -0.25) is 9.36 Å². The van der Waals surface area contributed by atoms with Crippen LogP contribution in [0.25, 0.3) is 27.8 Å². The summed E-state index contributed by atoms with van der Waals surface area (Å²) in [6.07, 6.45) is 1.88. The quantitative estimate of drug-likeness (QED) is 0.391. The third-order valence-corrected chi connectivity index (χ3v) is 5.19. The Morgan fingerprint density at radius 3 is 2.84 bits per heavy atom. The molecule has 32 heavy (non-hydrogen) atoms. The summed E-state index contributed by atoms with van der Waals surface area (Å²) in [6, 6.07) is 11.4. The molecule has 0 unspecified atom stereocenters. The molecule has 0 saturated heterocycles. The Labute approximate surface area is 181 Å². The molecule has 0 radical (unpaired) electrons. The van der Waals surface area contributed by atoms with E-state index in [1.54, 1.807) is 18.2 Å². The van der Waals surface area contributed by atoms with Gasteiger partial charge in [-0.1, -0.05) is 18.2 Å². The van der Waals surface area contributed by atoms with Crippen LogP contribution in [0.3, 0.4) is 0 Å². The Bertz CT molecular complexity index is 1520. The predicted molar refractivity (Wildman–Crippen MR) is 120 cm³/mol. The minimum absolute atomic E-state index is 0.100. The summed E-state index contributed by atoms with van der Waals surface area (Å²) >= 11 is 0. The molecule has 5 rings (SSSR count). The standard InChI is InChI=1S/C22H19FN8O/c1-12-4-2-7-15-17(12)21(32)31(14-6-3-5-13(23)10-14)16(28-15)8-9-25-19-18-20(27-11-26-18)30-22(24)29-19/h2-7,10-11H,8-9H2,1H3,(H4,24,25,26,27,29,30). The maximum absolute atomic E-state index is 14.0. The number of benzene rings is 2. The second-order valence-corrected chi connectivity index (χ2v) is 7.33. The van der Waals surface area contributed by atoms with Crippen molar-refractivity contribution in [1.29, 1.82) is 0 Å². The van der Waals surface area contributed by atoms with E-state index in [2.05, 4.69) is 25.3 Å². The molecule has 5 aromatic rings. The number of halogens is 1. The zero-order valence-corrected chi connectivity index (χ0v) is 17.1. The molecule has 0 atom stereocenters. The summed E-state index contributed by atoms with van der Waals surface area (Å²) in [5.74, 6) is 0.667. The first-order chi connectivity index (χ1) is 15.5. The first-order valence-corrected chi connectivity index (χ1v) is 9.99. The van der Waals surface area contributed by atoms with Crippen molar-refractivity contribution >= 4 is 33.8 Å². The largest absolute Gasteiger partial charge is 0.368 e. The minimum Gasteiger partial charge on any atom is -0.368 e. The highest BCUT2D eigenvalue weighted by Crippen LogP contribution is 2.19. The van der Waals surface area contributed by atoms with E-state index in [0.717, 1.165) is 5.56 Å². The molecule has 4 N–H and O–H groups in total. The monoisotopic (exact) mass is 430 g/mol. The number of aromatic nitrogens is 6. The zero-order valence-electron chi connectivity index (χ0n) is 17.1. The number of H-pyrrole nitrogens is 1. The second-order valence-electron chi connectivity index (χ2n) is 7.33. The van der Waals surface area contributed by atoms with Crippen LogP contribution in [0.2, 0.25) is 0 Å². The lowest BCUT2D eigenvalue weighted by Gasteiger charge is -2.15. The fraction of sp³-hybridized carbons (Fsp3) is 0.136.